The largest absolute Gasteiger partial charge is 0.497 e. The lowest BCUT2D eigenvalue weighted by Gasteiger charge is -2.34. The first-order valence-corrected chi connectivity index (χ1v) is 10.2. The quantitative estimate of drug-likeness (QED) is 0.734. The van der Waals surface area contributed by atoms with Gasteiger partial charge in [0.05, 0.1) is 13.2 Å². The molecule has 2 fully saturated rings. The van der Waals surface area contributed by atoms with Crippen LogP contribution in [0.1, 0.15) is 18.4 Å². The Morgan fingerprint density at radius 3 is 2.41 bits per heavy atom. The van der Waals surface area contributed by atoms with E-state index >= 15 is 0 Å². The van der Waals surface area contributed by atoms with Crippen LogP contribution in [0.2, 0.25) is 0 Å². The van der Waals surface area contributed by atoms with Gasteiger partial charge >= 0.3 is 6.09 Å². The summed E-state index contributed by atoms with van der Waals surface area (Å²) in [4.78, 5) is 16.5. The molecule has 2 aromatic carbocycles. The van der Waals surface area contributed by atoms with Gasteiger partial charge < -0.3 is 14.4 Å². The van der Waals surface area contributed by atoms with E-state index in [4.69, 9.17) is 9.47 Å². The zero-order chi connectivity index (χ0) is 20.2. The van der Waals surface area contributed by atoms with E-state index in [1.165, 1.54) is 17.7 Å². The van der Waals surface area contributed by atoms with E-state index in [0.29, 0.717) is 12.5 Å². The predicted molar refractivity (Wildman–Crippen MR) is 110 cm³/mol. The lowest BCUT2D eigenvalue weighted by atomic mass is 9.90. The van der Waals surface area contributed by atoms with Gasteiger partial charge in [0, 0.05) is 12.2 Å². The van der Waals surface area contributed by atoms with Crippen LogP contribution in [0, 0.1) is 11.7 Å². The first-order chi connectivity index (χ1) is 14.1. The molecule has 1 unspecified atom stereocenters. The lowest BCUT2D eigenvalue weighted by molar-refractivity contribution is 0.160. The molecule has 2 aliphatic rings. The van der Waals surface area contributed by atoms with E-state index < -0.39 is 0 Å². The molecular formula is C23H27FN2O3. The number of hydrogen-bond donors (Lipinski definition) is 0. The van der Waals surface area contributed by atoms with E-state index in [0.717, 1.165) is 50.3 Å². The maximum atomic E-state index is 13.1. The summed E-state index contributed by atoms with van der Waals surface area (Å²) in [5, 5.41) is 0. The summed E-state index contributed by atoms with van der Waals surface area (Å²) in [7, 11) is 1.63. The van der Waals surface area contributed by atoms with Gasteiger partial charge in [-0.25, -0.2) is 9.18 Å². The summed E-state index contributed by atoms with van der Waals surface area (Å²) in [5.74, 6) is 1.20. The molecule has 4 rings (SSSR count). The topological polar surface area (TPSA) is 42.0 Å². The van der Waals surface area contributed by atoms with Gasteiger partial charge in [-0.05, 0) is 80.2 Å². The third-order valence-electron chi connectivity index (χ3n) is 5.93. The van der Waals surface area contributed by atoms with Crippen molar-refractivity contribution in [1.82, 2.24) is 4.90 Å². The molecule has 0 saturated carbocycles. The number of anilines is 1. The average Bonchev–Trinajstić information content (AvgIpc) is 3.11. The summed E-state index contributed by atoms with van der Waals surface area (Å²) < 4.78 is 23.6. The van der Waals surface area contributed by atoms with Crippen molar-refractivity contribution in [3.8, 4) is 5.75 Å². The number of hydrogen-bond acceptors (Lipinski definition) is 4. The van der Waals surface area contributed by atoms with Crippen molar-refractivity contribution in [1.29, 1.82) is 0 Å². The number of piperidine rings is 1. The molecule has 154 valence electrons. The highest BCUT2D eigenvalue weighted by atomic mass is 19.1. The van der Waals surface area contributed by atoms with Crippen LogP contribution in [-0.4, -0.2) is 50.4 Å². The Bertz CT molecular complexity index is 817. The highest BCUT2D eigenvalue weighted by molar-refractivity contribution is 5.90. The number of rotatable bonds is 6. The molecule has 0 aromatic heterocycles. The summed E-state index contributed by atoms with van der Waals surface area (Å²) in [6.45, 7) is 3.24. The van der Waals surface area contributed by atoms with Crippen LogP contribution in [0.3, 0.4) is 0 Å². The molecule has 2 heterocycles. The Hall–Kier alpha value is -2.60. The Balaban J connectivity index is 1.32. The third-order valence-corrected chi connectivity index (χ3v) is 5.93. The molecule has 2 saturated heterocycles. The monoisotopic (exact) mass is 398 g/mol. The van der Waals surface area contributed by atoms with Crippen molar-refractivity contribution < 1.29 is 18.7 Å². The number of ether oxygens (including phenoxy) is 2. The SMILES string of the molecule is COc1ccc(N2C(=O)OCC2CN2CCC(Cc3ccc(F)cc3)CC2)cc1. The fourth-order valence-electron chi connectivity index (χ4n) is 4.28. The molecule has 1 amide bonds. The number of amides is 1. The Morgan fingerprint density at radius 2 is 1.76 bits per heavy atom. The number of methoxy groups -OCH3 is 1. The average molecular weight is 398 g/mol. The number of halogens is 1. The fourth-order valence-corrected chi connectivity index (χ4v) is 4.28. The minimum Gasteiger partial charge on any atom is -0.497 e. The van der Waals surface area contributed by atoms with Gasteiger partial charge in [0.1, 0.15) is 18.2 Å². The number of benzene rings is 2. The van der Waals surface area contributed by atoms with Crippen molar-refractivity contribution >= 4 is 11.8 Å². The number of carbonyl (C=O) groups is 1. The highest BCUT2D eigenvalue weighted by Crippen LogP contribution is 2.27. The van der Waals surface area contributed by atoms with E-state index in [9.17, 15) is 9.18 Å². The Morgan fingerprint density at radius 1 is 1.07 bits per heavy atom. The normalized spacial score (nSPS) is 20.7. The maximum Gasteiger partial charge on any atom is 0.414 e. The minimum atomic E-state index is -0.286. The van der Waals surface area contributed by atoms with Crippen LogP contribution in [0.5, 0.6) is 5.75 Å². The van der Waals surface area contributed by atoms with E-state index in [-0.39, 0.29) is 18.0 Å². The molecule has 0 N–H and O–H groups in total. The third kappa shape index (κ3) is 4.70. The zero-order valence-electron chi connectivity index (χ0n) is 16.7. The van der Waals surface area contributed by atoms with Crippen molar-refractivity contribution in [3.05, 3.63) is 59.9 Å². The maximum absolute atomic E-state index is 13.1. The number of carbonyl (C=O) groups excluding carboxylic acids is 1. The molecule has 6 heteroatoms. The predicted octanol–water partition coefficient (Wildman–Crippen LogP) is 4.11. The first-order valence-electron chi connectivity index (χ1n) is 10.2. The van der Waals surface area contributed by atoms with Crippen molar-refractivity contribution in [2.24, 2.45) is 5.92 Å². The van der Waals surface area contributed by atoms with Gasteiger partial charge in [-0.3, -0.25) is 4.90 Å². The second-order valence-corrected chi connectivity index (χ2v) is 7.87. The molecule has 0 spiro atoms. The van der Waals surface area contributed by atoms with Crippen molar-refractivity contribution in [3.63, 3.8) is 0 Å². The second kappa shape index (κ2) is 8.82. The molecule has 5 nitrogen and oxygen atoms in total. The van der Waals surface area contributed by atoms with E-state index in [1.54, 1.807) is 12.0 Å². The van der Waals surface area contributed by atoms with Crippen LogP contribution in [-0.2, 0) is 11.2 Å². The smallest absolute Gasteiger partial charge is 0.414 e. The molecular weight excluding hydrogens is 371 g/mol. The lowest BCUT2D eigenvalue weighted by Crippen LogP contribution is -2.45. The van der Waals surface area contributed by atoms with Crippen molar-refractivity contribution in [2.45, 2.75) is 25.3 Å². The van der Waals surface area contributed by atoms with Gasteiger partial charge in [0.2, 0.25) is 0 Å². The summed E-state index contributed by atoms with van der Waals surface area (Å²) in [6, 6.07) is 14.4. The molecule has 0 radical (unpaired) electrons. The molecule has 1 atom stereocenters. The summed E-state index contributed by atoms with van der Waals surface area (Å²) in [5.41, 5.74) is 2.04. The van der Waals surface area contributed by atoms with Gasteiger partial charge in [-0.1, -0.05) is 12.1 Å². The molecule has 2 aromatic rings. The zero-order valence-corrected chi connectivity index (χ0v) is 16.7. The van der Waals surface area contributed by atoms with Gasteiger partial charge in [-0.15, -0.1) is 0 Å². The van der Waals surface area contributed by atoms with Crippen LogP contribution < -0.4 is 9.64 Å². The van der Waals surface area contributed by atoms with Gasteiger partial charge in [0.15, 0.2) is 0 Å². The summed E-state index contributed by atoms with van der Waals surface area (Å²) in [6.07, 6.45) is 2.94. The second-order valence-electron chi connectivity index (χ2n) is 7.87. The fraction of sp³-hybridized carbons (Fsp3) is 0.435. The van der Waals surface area contributed by atoms with Crippen LogP contribution in [0.4, 0.5) is 14.9 Å². The van der Waals surface area contributed by atoms with E-state index in [1.807, 2.05) is 36.4 Å². The van der Waals surface area contributed by atoms with Gasteiger partial charge in [0.25, 0.3) is 0 Å². The highest BCUT2D eigenvalue weighted by Gasteiger charge is 2.36. The van der Waals surface area contributed by atoms with Crippen molar-refractivity contribution in [2.75, 3.05) is 38.3 Å². The summed E-state index contributed by atoms with van der Waals surface area (Å²) >= 11 is 0. The molecule has 0 bridgehead atoms. The van der Waals surface area contributed by atoms with E-state index in [2.05, 4.69) is 4.90 Å². The first kappa shape index (κ1) is 19.7. The van der Waals surface area contributed by atoms with Gasteiger partial charge in [-0.2, -0.15) is 0 Å². The Labute approximate surface area is 171 Å². The molecule has 29 heavy (non-hydrogen) atoms. The van der Waals surface area contributed by atoms with Crippen LogP contribution in [0.25, 0.3) is 0 Å². The minimum absolute atomic E-state index is 0.0181. The number of cyclic esters (lactones) is 1. The van der Waals surface area contributed by atoms with Crippen LogP contribution >= 0.6 is 0 Å². The Kier molecular flexibility index (Phi) is 6.00. The number of likely N-dealkylation sites (tertiary alicyclic amines) is 1. The number of nitrogens with zero attached hydrogens (tertiary/aromatic N) is 2. The van der Waals surface area contributed by atoms with Crippen LogP contribution in [0.15, 0.2) is 48.5 Å². The molecule has 2 aliphatic heterocycles. The standard InChI is InChI=1S/C23H27FN2O3/c1-28-22-8-6-20(7-9-22)26-21(16-29-23(26)27)15-25-12-10-18(11-13-25)14-17-2-4-19(24)5-3-17/h2-9,18,21H,10-16H2,1H3. The molecule has 0 aliphatic carbocycles.